The third-order valence-corrected chi connectivity index (χ3v) is 11.5. The Kier molecular flexibility index (Phi) is 45.7. The number of aliphatic hydroxyl groups excluding tert-OH is 2. The van der Waals surface area contributed by atoms with Crippen LogP contribution in [0.15, 0.2) is 48.6 Å². The van der Waals surface area contributed by atoms with Crippen LogP contribution in [0, 0.1) is 0 Å². The van der Waals surface area contributed by atoms with E-state index in [1.54, 1.807) is 0 Å². The van der Waals surface area contributed by atoms with E-state index >= 15 is 0 Å². The van der Waals surface area contributed by atoms with E-state index in [2.05, 4.69) is 62.5 Å². The summed E-state index contributed by atoms with van der Waals surface area (Å²) in [6, 6.07) is 0. The van der Waals surface area contributed by atoms with Crippen LogP contribution in [0.5, 0.6) is 0 Å². The average Bonchev–Trinajstić information content (AvgIpc) is 3.24. The molecule has 352 valence electrons. The molecule has 0 radical (unpaired) electrons. The van der Waals surface area contributed by atoms with Crippen molar-refractivity contribution in [1.82, 2.24) is 0 Å². The number of carbonyl (C=O) groups is 1. The van der Waals surface area contributed by atoms with Crippen molar-refractivity contribution in [3.05, 3.63) is 48.6 Å². The molecule has 3 atom stereocenters. The van der Waals surface area contributed by atoms with Crippen LogP contribution < -0.4 is 0 Å². The molecule has 0 aliphatic rings. The van der Waals surface area contributed by atoms with Gasteiger partial charge in [0, 0.05) is 13.0 Å². The highest BCUT2D eigenvalue weighted by Crippen LogP contribution is 2.43. The predicted octanol–water partition coefficient (Wildman–Crippen LogP) is 14.1. The average molecular weight is 869 g/mol. The van der Waals surface area contributed by atoms with Gasteiger partial charge in [-0.25, -0.2) is 4.57 Å². The first-order valence-corrected chi connectivity index (χ1v) is 26.1. The normalized spacial score (nSPS) is 14.3. The van der Waals surface area contributed by atoms with Crippen LogP contribution in [0.25, 0.3) is 0 Å². The van der Waals surface area contributed by atoms with Gasteiger partial charge in [0.2, 0.25) is 0 Å². The number of unbranched alkanes of at least 4 members (excludes halogenated alkanes) is 25. The van der Waals surface area contributed by atoms with Gasteiger partial charge in [-0.1, -0.05) is 210 Å². The molecule has 0 aliphatic carbocycles. The third-order valence-electron chi connectivity index (χ3n) is 10.5. The molecule has 9 nitrogen and oxygen atoms in total. The zero-order valence-electron chi connectivity index (χ0n) is 38.7. The van der Waals surface area contributed by atoms with Gasteiger partial charge < -0.3 is 24.6 Å². The third kappa shape index (κ3) is 45.9. The Balaban J connectivity index is 4.09. The van der Waals surface area contributed by atoms with E-state index in [-0.39, 0.29) is 19.6 Å². The molecule has 0 aliphatic heterocycles. The molecule has 0 amide bonds. The van der Waals surface area contributed by atoms with E-state index in [0.717, 1.165) is 70.6 Å². The summed E-state index contributed by atoms with van der Waals surface area (Å²) in [5.74, 6) is -0.403. The molecule has 0 saturated heterocycles. The summed E-state index contributed by atoms with van der Waals surface area (Å²) in [5, 5.41) is 18.4. The number of hydrogen-bond donors (Lipinski definition) is 3. The van der Waals surface area contributed by atoms with Crippen LogP contribution in [0.4, 0.5) is 0 Å². The molecule has 0 saturated carbocycles. The Labute approximate surface area is 368 Å². The number of ether oxygens (including phenoxy) is 2. The highest BCUT2D eigenvalue weighted by molar-refractivity contribution is 7.47. The van der Waals surface area contributed by atoms with Gasteiger partial charge in [-0.15, -0.1) is 0 Å². The lowest BCUT2D eigenvalue weighted by molar-refractivity contribution is -0.154. The molecule has 0 spiro atoms. The summed E-state index contributed by atoms with van der Waals surface area (Å²) in [5.41, 5.74) is 0. The zero-order chi connectivity index (χ0) is 43.9. The minimum Gasteiger partial charge on any atom is -0.457 e. The fourth-order valence-electron chi connectivity index (χ4n) is 6.82. The van der Waals surface area contributed by atoms with Crippen LogP contribution in [-0.4, -0.2) is 66.3 Å². The highest BCUT2D eigenvalue weighted by atomic mass is 31.2. The van der Waals surface area contributed by atoms with Gasteiger partial charge >= 0.3 is 13.8 Å². The zero-order valence-corrected chi connectivity index (χ0v) is 39.6. The maximum Gasteiger partial charge on any atom is 0.472 e. The summed E-state index contributed by atoms with van der Waals surface area (Å²) >= 11 is 0. The number of carbonyl (C=O) groups excluding carboxylic acids is 1. The molecule has 3 unspecified atom stereocenters. The number of esters is 1. The summed E-state index contributed by atoms with van der Waals surface area (Å²) in [6.45, 7) is 3.41. The van der Waals surface area contributed by atoms with Crippen LogP contribution in [0.3, 0.4) is 0 Å². The minimum atomic E-state index is -4.53. The molecule has 0 aromatic heterocycles. The summed E-state index contributed by atoms with van der Waals surface area (Å²) in [6.07, 6.45) is 53.7. The fourth-order valence-corrected chi connectivity index (χ4v) is 7.61. The molecule has 0 aromatic rings. The molecule has 0 heterocycles. The smallest absolute Gasteiger partial charge is 0.457 e. The first-order chi connectivity index (χ1) is 29.3. The number of rotatable bonds is 47. The van der Waals surface area contributed by atoms with E-state index in [9.17, 15) is 19.4 Å². The van der Waals surface area contributed by atoms with Crippen LogP contribution in [0.2, 0.25) is 0 Å². The van der Waals surface area contributed by atoms with Crippen molar-refractivity contribution in [1.29, 1.82) is 0 Å². The van der Waals surface area contributed by atoms with Crippen LogP contribution in [0.1, 0.15) is 219 Å². The Morgan fingerprint density at radius 3 is 1.43 bits per heavy atom. The quantitative estimate of drug-likeness (QED) is 0.0237. The number of allylic oxidation sites excluding steroid dienone is 8. The fraction of sp³-hybridized carbons (Fsp3) is 0.820. The van der Waals surface area contributed by atoms with Gasteiger partial charge in [-0.2, -0.15) is 0 Å². The van der Waals surface area contributed by atoms with Gasteiger partial charge in [0.25, 0.3) is 0 Å². The maximum absolute atomic E-state index is 12.6. The van der Waals surface area contributed by atoms with E-state index in [1.807, 2.05) is 0 Å². The summed E-state index contributed by atoms with van der Waals surface area (Å²) in [4.78, 5) is 22.6. The SMILES string of the molecule is CC/C=C\C/C=C\C/C=C\C/C=C\CCCCCCC(=O)OC(COCCCCCCCCCCCCCCCCCCCCCCCC)COP(=O)(O)OCC(O)CO. The Morgan fingerprint density at radius 1 is 0.533 bits per heavy atom. The van der Waals surface area contributed by atoms with E-state index in [0.29, 0.717) is 13.0 Å². The monoisotopic (exact) mass is 869 g/mol. The lowest BCUT2D eigenvalue weighted by Gasteiger charge is -2.20. The van der Waals surface area contributed by atoms with Crippen molar-refractivity contribution in [3.8, 4) is 0 Å². The number of hydrogen-bond acceptors (Lipinski definition) is 8. The molecule has 0 fully saturated rings. The van der Waals surface area contributed by atoms with Crippen molar-refractivity contribution in [2.24, 2.45) is 0 Å². The Hall–Kier alpha value is -1.58. The Bertz CT molecular complexity index is 1080. The van der Waals surface area contributed by atoms with Crippen LogP contribution >= 0.6 is 7.82 Å². The van der Waals surface area contributed by atoms with Gasteiger partial charge in [-0.3, -0.25) is 13.8 Å². The van der Waals surface area contributed by atoms with E-state index < -0.39 is 39.2 Å². The molecule has 0 aromatic carbocycles. The van der Waals surface area contributed by atoms with Crippen LogP contribution in [-0.2, 0) is 27.9 Å². The largest absolute Gasteiger partial charge is 0.472 e. The molecule has 0 bridgehead atoms. The topological polar surface area (TPSA) is 132 Å². The van der Waals surface area contributed by atoms with Crippen molar-refractivity contribution in [3.63, 3.8) is 0 Å². The number of aliphatic hydroxyl groups is 2. The predicted molar refractivity (Wildman–Crippen MR) is 251 cm³/mol. The summed E-state index contributed by atoms with van der Waals surface area (Å²) < 4.78 is 33.5. The molecule has 10 heteroatoms. The first kappa shape index (κ1) is 58.4. The summed E-state index contributed by atoms with van der Waals surface area (Å²) in [7, 11) is -4.53. The van der Waals surface area contributed by atoms with Gasteiger partial charge in [0.15, 0.2) is 0 Å². The minimum absolute atomic E-state index is 0.0408. The van der Waals surface area contributed by atoms with Crippen molar-refractivity contribution in [2.75, 3.05) is 33.0 Å². The van der Waals surface area contributed by atoms with E-state index in [4.69, 9.17) is 23.6 Å². The van der Waals surface area contributed by atoms with Gasteiger partial charge in [0.1, 0.15) is 12.2 Å². The van der Waals surface area contributed by atoms with Crippen molar-refractivity contribution in [2.45, 2.75) is 232 Å². The number of phosphoric acid groups is 1. The van der Waals surface area contributed by atoms with Gasteiger partial charge in [0.05, 0.1) is 26.4 Å². The molecular weight excluding hydrogens is 776 g/mol. The molecule has 0 rings (SSSR count). The molecule has 60 heavy (non-hydrogen) atoms. The second-order valence-electron chi connectivity index (χ2n) is 16.5. The van der Waals surface area contributed by atoms with Gasteiger partial charge in [-0.05, 0) is 51.4 Å². The highest BCUT2D eigenvalue weighted by Gasteiger charge is 2.26. The second-order valence-corrected chi connectivity index (χ2v) is 17.9. The lowest BCUT2D eigenvalue weighted by atomic mass is 10.0. The number of phosphoric ester groups is 1. The second kappa shape index (κ2) is 46.9. The lowest BCUT2D eigenvalue weighted by Crippen LogP contribution is -2.29. The Morgan fingerprint density at radius 2 is 0.950 bits per heavy atom. The molecule has 3 N–H and O–H groups in total. The molecular formula is C50H93O9P. The first-order valence-electron chi connectivity index (χ1n) is 24.6. The standard InChI is InChI=1S/C50H93O9P/c1-3-5-7-9-11-13-15-17-19-21-22-23-24-25-27-29-31-33-35-37-39-41-43-56-46-49(47-58-60(54,55)57-45-48(52)44-51)59-50(53)42-40-38-36-34-32-30-28-26-20-18-16-14-12-10-8-6-4-2/h6,8,12,14,18,20,28,30,48-49,51-52H,3-5,7,9-11,13,15-17,19,21-27,29,31-47H2,1-2H3,(H,54,55)/b8-6-,14-12-,20-18-,30-28-. The van der Waals surface area contributed by atoms with E-state index in [1.165, 1.54) is 122 Å². The van der Waals surface area contributed by atoms with Crippen molar-refractivity contribution >= 4 is 13.8 Å². The van der Waals surface area contributed by atoms with Crippen molar-refractivity contribution < 1.29 is 43.0 Å². The maximum atomic E-state index is 12.6.